The van der Waals surface area contributed by atoms with E-state index >= 15 is 9.59 Å². The van der Waals surface area contributed by atoms with Crippen molar-refractivity contribution in [1.29, 1.82) is 0 Å². The largest absolute Gasteiger partial charge is 0.508 e. The first-order valence-electron chi connectivity index (χ1n) is 18.7. The molecular formula is C44H37Cl2N3O8. The third-order valence-corrected chi connectivity index (χ3v) is 12.9. The molecule has 2 aliphatic carbocycles. The zero-order valence-electron chi connectivity index (χ0n) is 30.7. The van der Waals surface area contributed by atoms with Gasteiger partial charge in [0.1, 0.15) is 23.0 Å². The fraction of sp³-hybridized carbons (Fsp3) is 0.273. The second-order valence-electron chi connectivity index (χ2n) is 15.2. The van der Waals surface area contributed by atoms with Gasteiger partial charge in [-0.3, -0.25) is 29.5 Å². The number of allylic oxidation sites excluding steroid dienone is 3. The Morgan fingerprint density at radius 1 is 0.877 bits per heavy atom. The molecule has 0 aromatic heterocycles. The summed E-state index contributed by atoms with van der Waals surface area (Å²) in [6, 6.07) is 23.3. The average molecular weight is 807 g/mol. The minimum absolute atomic E-state index is 0.0485. The van der Waals surface area contributed by atoms with E-state index in [0.29, 0.717) is 45.3 Å². The van der Waals surface area contributed by atoms with Crippen LogP contribution in [0.4, 0.5) is 5.69 Å². The summed E-state index contributed by atoms with van der Waals surface area (Å²) >= 11 is 12.8. The number of amides is 4. The summed E-state index contributed by atoms with van der Waals surface area (Å²) in [5, 5.41) is 21.9. The highest BCUT2D eigenvalue weighted by molar-refractivity contribution is 6.36. The number of likely N-dealkylation sites (tertiary alicyclic amines) is 1. The number of rotatable bonds is 8. The number of hydrogen-bond donors (Lipinski definition) is 3. The number of nitrogens with zero attached hydrogens (tertiary/aromatic N) is 2. The normalized spacial score (nSPS) is 26.2. The van der Waals surface area contributed by atoms with Crippen molar-refractivity contribution in [1.82, 2.24) is 9.91 Å². The van der Waals surface area contributed by atoms with E-state index in [1.54, 1.807) is 86.2 Å². The second-order valence-corrected chi connectivity index (χ2v) is 16.1. The van der Waals surface area contributed by atoms with Crippen LogP contribution in [0.1, 0.15) is 29.5 Å². The molecule has 57 heavy (non-hydrogen) atoms. The molecule has 290 valence electrons. The quantitative estimate of drug-likeness (QED) is 0.127. The van der Waals surface area contributed by atoms with Crippen molar-refractivity contribution in [3.63, 3.8) is 0 Å². The summed E-state index contributed by atoms with van der Waals surface area (Å²) in [6.07, 6.45) is 4.69. The van der Waals surface area contributed by atoms with Gasteiger partial charge in [0.2, 0.25) is 11.8 Å². The van der Waals surface area contributed by atoms with Crippen LogP contribution in [0.5, 0.6) is 23.0 Å². The minimum Gasteiger partial charge on any atom is -0.508 e. The van der Waals surface area contributed by atoms with Crippen molar-refractivity contribution in [2.75, 3.05) is 19.1 Å². The number of benzene rings is 4. The molecule has 3 N–H and O–H groups in total. The third kappa shape index (κ3) is 5.86. The number of imide groups is 2. The van der Waals surface area contributed by atoms with Crippen molar-refractivity contribution in [3.05, 3.63) is 135 Å². The van der Waals surface area contributed by atoms with Crippen LogP contribution in [0.25, 0.3) is 0 Å². The molecule has 2 saturated heterocycles. The SMILES string of the molecule is COc1ccc(C23C(=O)N(Nc4ccc(Cl)cc4Cl)C(=O)C2CC2C(=CCC4C(=O)N(CCc5ccc(O)cc5)C(=O)C42)C3C2=COc3ccc(O)cc3C2)cc1. The Hall–Kier alpha value is -5.78. The van der Waals surface area contributed by atoms with Crippen molar-refractivity contribution in [3.8, 4) is 23.0 Å². The molecule has 3 fully saturated rings. The van der Waals surface area contributed by atoms with Crippen LogP contribution >= 0.6 is 23.2 Å². The number of halogens is 2. The topological polar surface area (TPSA) is 146 Å². The average Bonchev–Trinajstić information content (AvgIpc) is 3.58. The maximum atomic E-state index is 15.5. The van der Waals surface area contributed by atoms with Crippen LogP contribution in [0, 0.1) is 29.6 Å². The summed E-state index contributed by atoms with van der Waals surface area (Å²) in [5.41, 5.74) is 5.35. The van der Waals surface area contributed by atoms with Crippen LogP contribution < -0.4 is 14.9 Å². The van der Waals surface area contributed by atoms with E-state index in [-0.39, 0.29) is 54.1 Å². The van der Waals surface area contributed by atoms with Crippen LogP contribution in [0.3, 0.4) is 0 Å². The third-order valence-electron chi connectivity index (χ3n) is 12.4. The first-order chi connectivity index (χ1) is 27.5. The maximum Gasteiger partial charge on any atom is 0.260 e. The Balaban J connectivity index is 1.18. The monoisotopic (exact) mass is 805 g/mol. The standard InChI is InChI=1S/C44H37Cl2N3O8/c1-56-30-10-4-26(5-11-30)44-34(41(53)49(43(44)55)47-36-14-6-27(45)20-35(36)46)21-33-31(39(44)25-18-24-19-29(51)9-15-37(24)57-22-25)12-13-32-38(33)42(54)48(40(32)52)17-16-23-2-7-28(50)8-3-23/h2-12,14-15,19-20,22,32-34,38-39,47,50-51H,13,16-18,21H2,1H3. The zero-order chi connectivity index (χ0) is 39.7. The van der Waals surface area contributed by atoms with Gasteiger partial charge in [0.15, 0.2) is 0 Å². The molecule has 5 aliphatic rings. The Bertz CT molecular complexity index is 2410. The van der Waals surface area contributed by atoms with Gasteiger partial charge in [-0.25, -0.2) is 0 Å². The molecule has 4 amide bonds. The molecule has 6 unspecified atom stereocenters. The molecule has 11 nitrogen and oxygen atoms in total. The van der Waals surface area contributed by atoms with Gasteiger partial charge in [0.05, 0.1) is 47.3 Å². The Morgan fingerprint density at radius 3 is 2.37 bits per heavy atom. The van der Waals surface area contributed by atoms with Gasteiger partial charge in [-0.1, -0.05) is 59.1 Å². The number of carbonyl (C=O) groups excluding carboxylic acids is 4. The van der Waals surface area contributed by atoms with Crippen molar-refractivity contribution in [2.24, 2.45) is 29.6 Å². The number of methoxy groups -OCH3 is 1. The molecule has 0 radical (unpaired) electrons. The minimum atomic E-state index is -1.54. The van der Waals surface area contributed by atoms with Gasteiger partial charge in [-0.15, -0.1) is 0 Å². The van der Waals surface area contributed by atoms with Gasteiger partial charge in [-0.2, -0.15) is 5.01 Å². The molecule has 1 saturated carbocycles. The number of carbonyl (C=O) groups is 4. The lowest BCUT2D eigenvalue weighted by Gasteiger charge is -2.51. The predicted octanol–water partition coefficient (Wildman–Crippen LogP) is 6.99. The summed E-state index contributed by atoms with van der Waals surface area (Å²) in [5.74, 6) is -4.08. The van der Waals surface area contributed by atoms with Crippen molar-refractivity contribution < 1.29 is 38.9 Å². The molecule has 4 aromatic carbocycles. The molecule has 3 heterocycles. The Kier molecular flexibility index (Phi) is 9.05. The number of phenols is 2. The second kappa shape index (κ2) is 14.0. The van der Waals surface area contributed by atoms with E-state index in [1.165, 1.54) is 17.0 Å². The fourth-order valence-electron chi connectivity index (χ4n) is 9.85. The van der Waals surface area contributed by atoms with E-state index < -0.39 is 46.8 Å². The van der Waals surface area contributed by atoms with Gasteiger partial charge in [-0.05, 0) is 103 Å². The maximum absolute atomic E-state index is 15.5. The zero-order valence-corrected chi connectivity index (χ0v) is 32.2. The van der Waals surface area contributed by atoms with Gasteiger partial charge < -0.3 is 19.7 Å². The highest BCUT2D eigenvalue weighted by atomic mass is 35.5. The van der Waals surface area contributed by atoms with E-state index in [9.17, 15) is 19.8 Å². The van der Waals surface area contributed by atoms with E-state index in [4.69, 9.17) is 32.7 Å². The smallest absolute Gasteiger partial charge is 0.260 e. The van der Waals surface area contributed by atoms with E-state index in [1.807, 2.05) is 6.08 Å². The number of fused-ring (bicyclic) bond motifs is 5. The predicted molar refractivity (Wildman–Crippen MR) is 210 cm³/mol. The van der Waals surface area contributed by atoms with Gasteiger partial charge in [0.25, 0.3) is 11.8 Å². The molecule has 9 rings (SSSR count). The molecule has 4 aromatic rings. The van der Waals surface area contributed by atoms with Gasteiger partial charge >= 0.3 is 0 Å². The summed E-state index contributed by atoms with van der Waals surface area (Å²) in [6.45, 7) is 0.163. The Labute approximate surface area is 338 Å². The fourth-order valence-corrected chi connectivity index (χ4v) is 10.3. The summed E-state index contributed by atoms with van der Waals surface area (Å²) in [7, 11) is 1.55. The molecule has 0 spiro atoms. The molecule has 0 bridgehead atoms. The number of hydrazine groups is 1. The number of phenolic OH excluding ortho intramolecular Hbond substituents is 2. The van der Waals surface area contributed by atoms with Gasteiger partial charge in [0, 0.05) is 29.5 Å². The Morgan fingerprint density at radius 2 is 1.63 bits per heavy atom. The molecule has 3 aliphatic heterocycles. The lowest BCUT2D eigenvalue weighted by atomic mass is 9.48. The van der Waals surface area contributed by atoms with E-state index in [2.05, 4.69) is 5.43 Å². The number of hydrogen-bond acceptors (Lipinski definition) is 9. The number of aromatic hydroxyl groups is 2. The van der Waals surface area contributed by atoms with Crippen molar-refractivity contribution >= 4 is 52.5 Å². The van der Waals surface area contributed by atoms with Crippen LogP contribution in [-0.4, -0.2) is 57.4 Å². The number of nitrogens with one attached hydrogen (secondary N) is 1. The first-order valence-corrected chi connectivity index (χ1v) is 19.5. The highest BCUT2D eigenvalue weighted by Gasteiger charge is 2.70. The van der Waals surface area contributed by atoms with Crippen LogP contribution in [0.2, 0.25) is 10.0 Å². The highest BCUT2D eigenvalue weighted by Crippen LogP contribution is 2.63. The van der Waals surface area contributed by atoms with E-state index in [0.717, 1.165) is 16.1 Å². The molecule has 6 atom stereocenters. The van der Waals surface area contributed by atoms with Crippen molar-refractivity contribution in [2.45, 2.75) is 31.1 Å². The van der Waals surface area contributed by atoms with Crippen LogP contribution in [0.15, 0.2) is 108 Å². The lowest BCUT2D eigenvalue weighted by molar-refractivity contribution is -0.141. The lowest BCUT2D eigenvalue weighted by Crippen LogP contribution is -2.55. The van der Waals surface area contributed by atoms with Crippen LogP contribution in [-0.2, 0) is 37.4 Å². The molecular weight excluding hydrogens is 769 g/mol. The number of ether oxygens (including phenoxy) is 2. The first kappa shape index (κ1) is 36.8. The number of anilines is 1. The summed E-state index contributed by atoms with van der Waals surface area (Å²) < 4.78 is 11.7. The summed E-state index contributed by atoms with van der Waals surface area (Å²) in [4.78, 5) is 60.5. The molecule has 13 heteroatoms.